The van der Waals surface area contributed by atoms with Crippen molar-refractivity contribution < 1.29 is 4.43 Å². The number of aryl methyl sites for hydroxylation is 1. The highest BCUT2D eigenvalue weighted by Crippen LogP contribution is 2.39. The lowest BCUT2D eigenvalue weighted by Crippen LogP contribution is -2.43. The standard InChI is InChI=1S/C16H22BrNOSi/c1-11-7-8-12-13(17)9-10-14(15(12)18-11)19-20(5,6)16(2,3)4/h7-10H,1-6H3. The van der Waals surface area contributed by atoms with Crippen molar-refractivity contribution in [2.45, 2.75) is 45.8 Å². The second kappa shape index (κ2) is 5.15. The zero-order chi connectivity index (χ0) is 15.1. The predicted molar refractivity (Wildman–Crippen MR) is 92.0 cm³/mol. The zero-order valence-electron chi connectivity index (χ0n) is 13.0. The molecule has 0 unspecified atom stereocenters. The SMILES string of the molecule is Cc1ccc2c(Br)ccc(O[Si](C)(C)C(C)(C)C)c2n1. The molecule has 1 heterocycles. The monoisotopic (exact) mass is 351 g/mol. The van der Waals surface area contributed by atoms with Crippen molar-refractivity contribution >= 4 is 35.2 Å². The fourth-order valence-corrected chi connectivity index (χ4v) is 3.24. The van der Waals surface area contributed by atoms with Gasteiger partial charge in [-0.1, -0.05) is 36.7 Å². The lowest BCUT2D eigenvalue weighted by atomic mass is 10.2. The van der Waals surface area contributed by atoms with Crippen molar-refractivity contribution in [1.82, 2.24) is 4.98 Å². The van der Waals surface area contributed by atoms with Crippen molar-refractivity contribution in [3.8, 4) is 5.75 Å². The molecule has 0 aliphatic rings. The normalized spacial score (nSPS) is 12.8. The van der Waals surface area contributed by atoms with Crippen LogP contribution in [0.15, 0.2) is 28.7 Å². The average Bonchev–Trinajstić information content (AvgIpc) is 2.31. The molecule has 0 atom stereocenters. The van der Waals surface area contributed by atoms with E-state index in [0.29, 0.717) is 0 Å². The first-order valence-electron chi connectivity index (χ1n) is 6.87. The molecule has 4 heteroatoms. The van der Waals surface area contributed by atoms with Gasteiger partial charge in [0.05, 0.1) is 0 Å². The Balaban J connectivity index is 2.56. The van der Waals surface area contributed by atoms with E-state index in [1.54, 1.807) is 0 Å². The van der Waals surface area contributed by atoms with Crippen LogP contribution >= 0.6 is 15.9 Å². The van der Waals surface area contributed by atoms with Crippen LogP contribution < -0.4 is 4.43 Å². The molecule has 0 saturated heterocycles. The Labute approximate surface area is 130 Å². The quantitative estimate of drug-likeness (QED) is 0.648. The molecular weight excluding hydrogens is 330 g/mol. The maximum absolute atomic E-state index is 6.45. The molecule has 1 aromatic heterocycles. The molecule has 2 nitrogen and oxygen atoms in total. The Kier molecular flexibility index (Phi) is 4.00. The van der Waals surface area contributed by atoms with Gasteiger partial charge in [0.15, 0.2) is 0 Å². The van der Waals surface area contributed by atoms with Gasteiger partial charge in [-0.25, -0.2) is 4.98 Å². The highest BCUT2D eigenvalue weighted by molar-refractivity contribution is 9.10. The number of aromatic nitrogens is 1. The van der Waals surface area contributed by atoms with Gasteiger partial charge in [0.25, 0.3) is 8.32 Å². The fraction of sp³-hybridized carbons (Fsp3) is 0.438. The van der Waals surface area contributed by atoms with Crippen LogP contribution in [-0.2, 0) is 0 Å². The minimum Gasteiger partial charge on any atom is -0.542 e. The molecule has 0 aliphatic carbocycles. The van der Waals surface area contributed by atoms with Gasteiger partial charge in [-0.3, -0.25) is 0 Å². The predicted octanol–water partition coefficient (Wildman–Crippen LogP) is 5.69. The molecule has 20 heavy (non-hydrogen) atoms. The maximum atomic E-state index is 6.45. The second-order valence-corrected chi connectivity index (χ2v) is 12.3. The van der Waals surface area contributed by atoms with Crippen molar-refractivity contribution in [2.24, 2.45) is 0 Å². The Morgan fingerprint density at radius 1 is 1.10 bits per heavy atom. The lowest BCUT2D eigenvalue weighted by molar-refractivity contribution is 0.495. The van der Waals surface area contributed by atoms with E-state index in [4.69, 9.17) is 4.43 Å². The van der Waals surface area contributed by atoms with Gasteiger partial charge in [-0.15, -0.1) is 0 Å². The third-order valence-corrected chi connectivity index (χ3v) is 9.11. The molecule has 0 amide bonds. The Morgan fingerprint density at radius 3 is 2.35 bits per heavy atom. The van der Waals surface area contributed by atoms with Gasteiger partial charge in [-0.2, -0.15) is 0 Å². The Morgan fingerprint density at radius 2 is 1.75 bits per heavy atom. The van der Waals surface area contributed by atoms with E-state index in [-0.39, 0.29) is 5.04 Å². The van der Waals surface area contributed by atoms with E-state index in [1.165, 1.54) is 0 Å². The summed E-state index contributed by atoms with van der Waals surface area (Å²) in [4.78, 5) is 4.67. The molecule has 0 saturated carbocycles. The molecule has 0 N–H and O–H groups in total. The average molecular weight is 352 g/mol. The number of halogens is 1. The van der Waals surface area contributed by atoms with Crippen molar-refractivity contribution in [3.63, 3.8) is 0 Å². The maximum Gasteiger partial charge on any atom is 0.250 e. The largest absolute Gasteiger partial charge is 0.542 e. The molecule has 2 rings (SSSR count). The number of hydrogen-bond donors (Lipinski definition) is 0. The minimum atomic E-state index is -1.85. The molecule has 2 aromatic rings. The van der Waals surface area contributed by atoms with Gasteiger partial charge in [0.1, 0.15) is 11.3 Å². The van der Waals surface area contributed by atoms with Crippen molar-refractivity contribution in [2.75, 3.05) is 0 Å². The first kappa shape index (κ1) is 15.5. The first-order chi connectivity index (χ1) is 9.12. The fourth-order valence-electron chi connectivity index (χ4n) is 1.77. The number of pyridine rings is 1. The van der Waals surface area contributed by atoms with Crippen LogP contribution in [0, 0.1) is 6.92 Å². The van der Waals surface area contributed by atoms with Crippen LogP contribution in [0.2, 0.25) is 18.1 Å². The summed E-state index contributed by atoms with van der Waals surface area (Å²) in [6.45, 7) is 13.3. The van der Waals surface area contributed by atoms with E-state index < -0.39 is 8.32 Å². The van der Waals surface area contributed by atoms with Gasteiger partial charge in [0.2, 0.25) is 0 Å². The Hall–Kier alpha value is -0.873. The first-order valence-corrected chi connectivity index (χ1v) is 10.6. The molecule has 0 bridgehead atoms. The summed E-state index contributed by atoms with van der Waals surface area (Å²) in [5.74, 6) is 0.901. The van der Waals surface area contributed by atoms with Crippen LogP contribution in [0.3, 0.4) is 0 Å². The number of hydrogen-bond acceptors (Lipinski definition) is 2. The van der Waals surface area contributed by atoms with Gasteiger partial charge >= 0.3 is 0 Å². The summed E-state index contributed by atoms with van der Waals surface area (Å²) in [6.07, 6.45) is 0. The molecule has 0 aliphatic heterocycles. The van der Waals surface area contributed by atoms with E-state index in [2.05, 4.69) is 60.8 Å². The molecule has 0 fully saturated rings. The van der Waals surface area contributed by atoms with Crippen LogP contribution in [0.1, 0.15) is 26.5 Å². The summed E-state index contributed by atoms with van der Waals surface area (Å²) in [5, 5.41) is 1.28. The Bertz CT molecular complexity index is 647. The van der Waals surface area contributed by atoms with Crippen LogP contribution in [0.4, 0.5) is 0 Å². The molecular formula is C16H22BrNOSi. The van der Waals surface area contributed by atoms with E-state index in [1.807, 2.05) is 25.1 Å². The van der Waals surface area contributed by atoms with E-state index >= 15 is 0 Å². The third-order valence-electron chi connectivity index (χ3n) is 4.08. The second-order valence-electron chi connectivity index (χ2n) is 6.76. The minimum absolute atomic E-state index is 0.177. The zero-order valence-corrected chi connectivity index (χ0v) is 15.6. The lowest BCUT2D eigenvalue weighted by Gasteiger charge is -2.36. The molecule has 1 aromatic carbocycles. The summed E-state index contributed by atoms with van der Waals surface area (Å²) >= 11 is 3.59. The summed E-state index contributed by atoms with van der Waals surface area (Å²) < 4.78 is 7.50. The van der Waals surface area contributed by atoms with Gasteiger partial charge in [0, 0.05) is 15.6 Å². The van der Waals surface area contributed by atoms with Crippen molar-refractivity contribution in [1.29, 1.82) is 0 Å². The van der Waals surface area contributed by atoms with Crippen LogP contribution in [-0.4, -0.2) is 13.3 Å². The number of benzene rings is 1. The number of nitrogens with zero attached hydrogens (tertiary/aromatic N) is 1. The summed E-state index contributed by atoms with van der Waals surface area (Å²) in [5.41, 5.74) is 1.96. The number of rotatable bonds is 2. The summed E-state index contributed by atoms with van der Waals surface area (Å²) in [7, 11) is -1.85. The smallest absolute Gasteiger partial charge is 0.250 e. The molecule has 108 valence electrons. The highest BCUT2D eigenvalue weighted by atomic mass is 79.9. The van der Waals surface area contributed by atoms with Crippen LogP contribution in [0.5, 0.6) is 5.75 Å². The molecule has 0 radical (unpaired) electrons. The van der Waals surface area contributed by atoms with E-state index in [9.17, 15) is 0 Å². The third kappa shape index (κ3) is 2.91. The van der Waals surface area contributed by atoms with Crippen LogP contribution in [0.25, 0.3) is 10.9 Å². The van der Waals surface area contributed by atoms with Crippen molar-refractivity contribution in [3.05, 3.63) is 34.4 Å². The summed E-state index contributed by atoms with van der Waals surface area (Å²) in [6, 6.07) is 8.20. The number of fused-ring (bicyclic) bond motifs is 1. The topological polar surface area (TPSA) is 22.1 Å². The van der Waals surface area contributed by atoms with Gasteiger partial charge < -0.3 is 4.43 Å². The molecule has 0 spiro atoms. The highest BCUT2D eigenvalue weighted by Gasteiger charge is 2.39. The van der Waals surface area contributed by atoms with Gasteiger partial charge in [-0.05, 0) is 49.3 Å². The van der Waals surface area contributed by atoms with E-state index in [0.717, 1.165) is 26.8 Å².